The average Bonchev–Trinajstić information content (AvgIpc) is 2.18. The first kappa shape index (κ1) is 11.5. The zero-order valence-corrected chi connectivity index (χ0v) is 9.29. The van der Waals surface area contributed by atoms with Crippen molar-refractivity contribution in [3.63, 3.8) is 0 Å². The van der Waals surface area contributed by atoms with E-state index in [1.165, 1.54) is 0 Å². The van der Waals surface area contributed by atoms with Gasteiger partial charge < -0.3 is 9.84 Å². The van der Waals surface area contributed by atoms with Crippen molar-refractivity contribution < 1.29 is 9.84 Å². The third kappa shape index (κ3) is 2.69. The monoisotopic (exact) mass is 196 g/mol. The lowest BCUT2D eigenvalue weighted by Crippen LogP contribution is -2.22. The molecule has 80 valence electrons. The minimum atomic E-state index is -0.416. The van der Waals surface area contributed by atoms with Crippen molar-refractivity contribution >= 4 is 0 Å². The molecular weight excluding hydrogens is 176 g/mol. The highest BCUT2D eigenvalue weighted by Gasteiger charge is 2.18. The molecule has 0 amide bonds. The number of rotatable bonds is 4. The van der Waals surface area contributed by atoms with E-state index < -0.39 is 6.10 Å². The Morgan fingerprint density at radius 1 is 1.29 bits per heavy atom. The van der Waals surface area contributed by atoms with Gasteiger partial charge in [0.1, 0.15) is 0 Å². The molecule has 0 spiro atoms. The van der Waals surface area contributed by atoms with E-state index in [1.807, 2.05) is 19.9 Å². The van der Waals surface area contributed by atoms with E-state index in [0.29, 0.717) is 0 Å². The molecule has 2 heteroatoms. The smallest absolute Gasteiger partial charge is 0.0968 e. The van der Waals surface area contributed by atoms with Gasteiger partial charge in [-0.15, -0.1) is 0 Å². The SMILES string of the molecule is CCCCOC1C=CC(O)C(C)=C1C. The van der Waals surface area contributed by atoms with E-state index in [0.717, 1.165) is 30.6 Å². The van der Waals surface area contributed by atoms with Gasteiger partial charge in [-0.3, -0.25) is 0 Å². The maximum atomic E-state index is 9.54. The number of aliphatic hydroxyl groups is 1. The molecule has 0 aliphatic heterocycles. The highest BCUT2D eigenvalue weighted by Crippen LogP contribution is 2.21. The molecule has 0 aromatic carbocycles. The summed E-state index contributed by atoms with van der Waals surface area (Å²) < 4.78 is 5.70. The second-order valence-electron chi connectivity index (χ2n) is 3.84. The average molecular weight is 196 g/mol. The van der Waals surface area contributed by atoms with Gasteiger partial charge in [0.2, 0.25) is 0 Å². The molecule has 0 heterocycles. The first-order valence-corrected chi connectivity index (χ1v) is 5.32. The molecule has 0 fully saturated rings. The highest BCUT2D eigenvalue weighted by molar-refractivity contribution is 5.30. The Kier molecular flexibility index (Phi) is 4.36. The van der Waals surface area contributed by atoms with Gasteiger partial charge in [0.15, 0.2) is 0 Å². The predicted octanol–water partition coefficient (Wildman–Crippen LogP) is 2.44. The van der Waals surface area contributed by atoms with Gasteiger partial charge in [0.05, 0.1) is 12.2 Å². The fourth-order valence-electron chi connectivity index (χ4n) is 1.49. The lowest BCUT2D eigenvalue weighted by Gasteiger charge is -2.23. The largest absolute Gasteiger partial charge is 0.385 e. The Balaban J connectivity index is 2.50. The van der Waals surface area contributed by atoms with Crippen molar-refractivity contribution in [2.45, 2.75) is 45.8 Å². The Bertz CT molecular complexity index is 241. The second kappa shape index (κ2) is 5.32. The van der Waals surface area contributed by atoms with Crippen molar-refractivity contribution in [3.05, 3.63) is 23.3 Å². The van der Waals surface area contributed by atoms with E-state index in [-0.39, 0.29) is 6.10 Å². The van der Waals surface area contributed by atoms with Gasteiger partial charge in [0.25, 0.3) is 0 Å². The summed E-state index contributed by atoms with van der Waals surface area (Å²) in [5, 5.41) is 9.54. The molecule has 2 unspecified atom stereocenters. The zero-order chi connectivity index (χ0) is 10.6. The Morgan fingerprint density at radius 2 is 2.00 bits per heavy atom. The van der Waals surface area contributed by atoms with Crippen molar-refractivity contribution in [1.82, 2.24) is 0 Å². The van der Waals surface area contributed by atoms with Crippen molar-refractivity contribution in [2.24, 2.45) is 0 Å². The molecular formula is C12H20O2. The zero-order valence-electron chi connectivity index (χ0n) is 9.29. The van der Waals surface area contributed by atoms with Gasteiger partial charge >= 0.3 is 0 Å². The Morgan fingerprint density at radius 3 is 2.64 bits per heavy atom. The van der Waals surface area contributed by atoms with E-state index in [1.54, 1.807) is 6.08 Å². The van der Waals surface area contributed by atoms with Gasteiger partial charge in [-0.05, 0) is 31.4 Å². The first-order chi connectivity index (χ1) is 6.66. The third-order valence-electron chi connectivity index (χ3n) is 2.76. The Hall–Kier alpha value is -0.600. The number of aliphatic hydroxyl groups excluding tert-OH is 1. The van der Waals surface area contributed by atoms with Crippen LogP contribution in [-0.2, 0) is 4.74 Å². The quantitative estimate of drug-likeness (QED) is 0.553. The van der Waals surface area contributed by atoms with Crippen LogP contribution in [0.15, 0.2) is 23.3 Å². The van der Waals surface area contributed by atoms with Crippen molar-refractivity contribution in [1.29, 1.82) is 0 Å². The van der Waals surface area contributed by atoms with Gasteiger partial charge in [-0.1, -0.05) is 25.5 Å². The van der Waals surface area contributed by atoms with Crippen LogP contribution in [0.25, 0.3) is 0 Å². The Labute approximate surface area is 86.3 Å². The molecule has 1 aliphatic rings. The molecule has 0 aromatic heterocycles. The minimum Gasteiger partial charge on any atom is -0.385 e. The maximum absolute atomic E-state index is 9.54. The summed E-state index contributed by atoms with van der Waals surface area (Å²) in [6.07, 6.45) is 5.66. The molecule has 0 bridgehead atoms. The van der Waals surface area contributed by atoms with Crippen LogP contribution in [0.5, 0.6) is 0 Å². The lowest BCUT2D eigenvalue weighted by atomic mass is 9.95. The van der Waals surface area contributed by atoms with Gasteiger partial charge in [0, 0.05) is 6.61 Å². The normalized spacial score (nSPS) is 27.1. The summed E-state index contributed by atoms with van der Waals surface area (Å²) >= 11 is 0. The van der Waals surface area contributed by atoms with E-state index in [2.05, 4.69) is 6.92 Å². The number of ether oxygens (including phenoxy) is 1. The van der Waals surface area contributed by atoms with Crippen LogP contribution in [-0.4, -0.2) is 23.9 Å². The molecule has 2 nitrogen and oxygen atoms in total. The molecule has 1 aliphatic carbocycles. The summed E-state index contributed by atoms with van der Waals surface area (Å²) in [4.78, 5) is 0. The summed E-state index contributed by atoms with van der Waals surface area (Å²) in [5.74, 6) is 0. The molecule has 1 N–H and O–H groups in total. The van der Waals surface area contributed by atoms with Gasteiger partial charge in [-0.2, -0.15) is 0 Å². The predicted molar refractivity (Wildman–Crippen MR) is 58.2 cm³/mol. The summed E-state index contributed by atoms with van der Waals surface area (Å²) in [7, 11) is 0. The van der Waals surface area contributed by atoms with E-state index >= 15 is 0 Å². The number of unbranched alkanes of at least 4 members (excludes halogenated alkanes) is 1. The van der Waals surface area contributed by atoms with E-state index in [4.69, 9.17) is 4.74 Å². The fraction of sp³-hybridized carbons (Fsp3) is 0.667. The first-order valence-electron chi connectivity index (χ1n) is 5.32. The van der Waals surface area contributed by atoms with Crippen LogP contribution in [0.4, 0.5) is 0 Å². The molecule has 0 saturated heterocycles. The molecule has 14 heavy (non-hydrogen) atoms. The molecule has 0 aromatic rings. The van der Waals surface area contributed by atoms with Crippen molar-refractivity contribution in [2.75, 3.05) is 6.61 Å². The minimum absolute atomic E-state index is 0.0740. The van der Waals surface area contributed by atoms with Crippen LogP contribution in [0, 0.1) is 0 Å². The van der Waals surface area contributed by atoms with Crippen LogP contribution in [0.2, 0.25) is 0 Å². The topological polar surface area (TPSA) is 29.5 Å². The molecule has 0 saturated carbocycles. The third-order valence-corrected chi connectivity index (χ3v) is 2.76. The molecule has 0 radical (unpaired) electrons. The summed E-state index contributed by atoms with van der Waals surface area (Å²) in [6.45, 7) is 6.93. The molecule has 2 atom stereocenters. The lowest BCUT2D eigenvalue weighted by molar-refractivity contribution is 0.0995. The summed E-state index contributed by atoms with van der Waals surface area (Å²) in [5.41, 5.74) is 2.17. The van der Waals surface area contributed by atoms with Crippen LogP contribution < -0.4 is 0 Å². The maximum Gasteiger partial charge on any atom is 0.0968 e. The van der Waals surface area contributed by atoms with Crippen molar-refractivity contribution in [3.8, 4) is 0 Å². The molecule has 1 rings (SSSR count). The fourth-order valence-corrected chi connectivity index (χ4v) is 1.49. The van der Waals surface area contributed by atoms with E-state index in [9.17, 15) is 5.11 Å². The highest BCUT2D eigenvalue weighted by atomic mass is 16.5. The second-order valence-corrected chi connectivity index (χ2v) is 3.84. The van der Waals surface area contributed by atoms with Crippen LogP contribution >= 0.6 is 0 Å². The standard InChI is InChI=1S/C12H20O2/c1-4-5-8-14-12-7-6-11(13)9(2)10(12)3/h6-7,11-13H,4-5,8H2,1-3H3. The van der Waals surface area contributed by atoms with Crippen LogP contribution in [0.3, 0.4) is 0 Å². The van der Waals surface area contributed by atoms with Gasteiger partial charge in [-0.25, -0.2) is 0 Å². The number of hydrogen-bond acceptors (Lipinski definition) is 2. The summed E-state index contributed by atoms with van der Waals surface area (Å²) in [6, 6.07) is 0. The van der Waals surface area contributed by atoms with Crippen LogP contribution in [0.1, 0.15) is 33.6 Å². The number of hydrogen-bond donors (Lipinski definition) is 1.